The number of benzene rings is 2. The van der Waals surface area contributed by atoms with Gasteiger partial charge in [0.25, 0.3) is 0 Å². The summed E-state index contributed by atoms with van der Waals surface area (Å²) >= 11 is 3.42. The Morgan fingerprint density at radius 2 is 0.910 bits per heavy atom. The Kier molecular flexibility index (Phi) is 29.9. The fourth-order valence-electron chi connectivity index (χ4n) is 8.65. The van der Waals surface area contributed by atoms with E-state index in [1.165, 1.54) is 34.5 Å². The van der Waals surface area contributed by atoms with Crippen LogP contribution in [0.5, 0.6) is 0 Å². The molecule has 1 fully saturated rings. The number of nitrogens with zero attached hydrogens (tertiary/aromatic N) is 12. The number of halogens is 1. The number of hydrogen-bond donors (Lipinski definition) is 6. The summed E-state index contributed by atoms with van der Waals surface area (Å²) in [6.07, 6.45) is 10.2. The third-order valence-corrected chi connectivity index (χ3v) is 14.8. The second-order valence-corrected chi connectivity index (χ2v) is 23.4. The molecule has 1 aliphatic rings. The monoisotopic (exact) mass is 1450 g/mol. The number of pyridine rings is 6. The van der Waals surface area contributed by atoms with Gasteiger partial charge in [-0.15, -0.1) is 0 Å². The van der Waals surface area contributed by atoms with Crippen LogP contribution < -0.4 is 10.6 Å². The van der Waals surface area contributed by atoms with E-state index in [9.17, 15) is 43.1 Å². The zero-order valence-corrected chi connectivity index (χ0v) is 54.7. The molecule has 0 saturated carbocycles. The van der Waals surface area contributed by atoms with E-state index < -0.39 is 52.2 Å². The smallest absolute Gasteiger partial charge is 0.388 e. The number of amides is 1. The van der Waals surface area contributed by atoms with Crippen molar-refractivity contribution < 1.29 is 67.3 Å². The van der Waals surface area contributed by atoms with Gasteiger partial charge in [-0.1, -0.05) is 53.7 Å². The molecule has 10 rings (SSSR count). The van der Waals surface area contributed by atoms with E-state index in [4.69, 9.17) is 4.74 Å². The normalized spacial score (nSPS) is 13.5. The molecule has 1 amide bonds. The van der Waals surface area contributed by atoms with Gasteiger partial charge in [0.05, 0.1) is 58.3 Å². The van der Waals surface area contributed by atoms with Crippen molar-refractivity contribution in [2.45, 2.75) is 7.43 Å². The standard InChI is InChI=1S/C39H45BrN10O10P2.2C10H8N2.CH4.Ga.Ru/c40-29-4-6-30(7-5-29)46-38-32-9-8-31(22-34(32)43-25-44-38)45-36(51)23-47-13-17-49(26-61(54,55)56)19-15-48(16-20-50(18-14-47)27-62(57,58)59)24-37(52)60-39(53)28-10-12-42-35(21-28)33-3-1-2-11-41-33;2*1-3-7-11-9(5-1)10-6-2-4-8-12-10;;;/h1-12,21-22,25H,13-20,23-24,26-27H2,(H,45,51)(H,43,44,46)(H2,54,55,56)(H2,57,58,59);2*1-8H;1H4;;/q;;;;+3;. The molecule has 0 aliphatic carbocycles. The first-order valence-corrected chi connectivity index (χ1v) is 31.2. The Bertz CT molecular complexity index is 3550. The van der Waals surface area contributed by atoms with Crippen LogP contribution in [0.2, 0.25) is 0 Å². The van der Waals surface area contributed by atoms with Gasteiger partial charge in [-0.05, 0) is 115 Å². The molecule has 29 heteroatoms. The molecule has 9 aromatic rings. The summed E-state index contributed by atoms with van der Waals surface area (Å²) in [4.78, 5) is 120. The minimum Gasteiger partial charge on any atom is -0.388 e. The van der Waals surface area contributed by atoms with Gasteiger partial charge < -0.3 is 34.9 Å². The van der Waals surface area contributed by atoms with Crippen LogP contribution >= 0.6 is 31.1 Å². The van der Waals surface area contributed by atoms with Crippen molar-refractivity contribution in [3.63, 3.8) is 0 Å². The summed E-state index contributed by atoms with van der Waals surface area (Å²) in [6.45, 7) is 0.167. The number of nitrogens with one attached hydrogen (secondary N) is 2. The average Bonchev–Trinajstić information content (AvgIpc) is 3.44. The first kappa shape index (κ1) is 72.7. The van der Waals surface area contributed by atoms with Crippen molar-refractivity contribution in [2.75, 3.05) is 88.7 Å². The van der Waals surface area contributed by atoms with E-state index >= 15 is 0 Å². The van der Waals surface area contributed by atoms with Crippen LogP contribution in [0.1, 0.15) is 17.8 Å². The van der Waals surface area contributed by atoms with E-state index in [0.717, 1.165) is 38.3 Å². The number of anilines is 3. The molecular weight excluding hydrogens is 1390 g/mol. The summed E-state index contributed by atoms with van der Waals surface area (Å²) < 4.78 is 30.5. The first-order chi connectivity index (χ1) is 41.5. The second kappa shape index (κ2) is 36.6. The number of carbonyl (C=O) groups is 3. The molecular formula is C60H65BrGaN14O10P2Ru+3. The zero-order chi connectivity index (χ0) is 60.7. The molecule has 7 aromatic heterocycles. The number of esters is 2. The van der Waals surface area contributed by atoms with E-state index in [1.807, 2.05) is 97.1 Å². The molecule has 8 heterocycles. The molecule has 1 aliphatic heterocycles. The maximum Gasteiger partial charge on any atom is 3.00 e. The Hall–Kier alpha value is -7.03. The van der Waals surface area contributed by atoms with E-state index in [2.05, 4.69) is 66.4 Å². The van der Waals surface area contributed by atoms with Crippen molar-refractivity contribution in [2.24, 2.45) is 0 Å². The van der Waals surface area contributed by atoms with Gasteiger partial charge in [0.2, 0.25) is 5.91 Å². The SMILES string of the molecule is C.O=C(CN1CCN(CP(=O)(O)O)CCN(CC(=O)OC(=O)c2ccnc(-c3ccccn3)c2)CCN(CP(=O)(O)O)CC1)Nc1ccc2c(Nc3ccc(Br)cc3)ncnc2c1.[Ga+3].[Ru].c1ccc(-c2ccccn2)nc1.c1ccc(-c2ccccn2)nc1. The van der Waals surface area contributed by atoms with E-state index in [-0.39, 0.29) is 111 Å². The summed E-state index contributed by atoms with van der Waals surface area (Å²) in [5, 5.41) is 6.87. The van der Waals surface area contributed by atoms with Crippen molar-refractivity contribution in [1.82, 2.24) is 59.5 Å². The Balaban J connectivity index is 0.000000437. The van der Waals surface area contributed by atoms with Crippen LogP contribution in [-0.4, -0.2) is 195 Å². The van der Waals surface area contributed by atoms with Gasteiger partial charge in [0.15, 0.2) is 0 Å². The van der Waals surface area contributed by atoms with Gasteiger partial charge in [-0.3, -0.25) is 68.2 Å². The first-order valence-electron chi connectivity index (χ1n) is 26.8. The summed E-state index contributed by atoms with van der Waals surface area (Å²) in [6, 6.07) is 44.0. The fourth-order valence-corrected chi connectivity index (χ4v) is 10.5. The second-order valence-electron chi connectivity index (χ2n) is 19.3. The van der Waals surface area contributed by atoms with Crippen molar-refractivity contribution in [1.29, 1.82) is 0 Å². The summed E-state index contributed by atoms with van der Waals surface area (Å²) in [7, 11) is -9.12. The Morgan fingerprint density at radius 3 is 1.35 bits per heavy atom. The molecule has 0 atom stereocenters. The predicted molar refractivity (Wildman–Crippen MR) is 341 cm³/mol. The minimum atomic E-state index is -4.56. The Labute approximate surface area is 549 Å². The largest absolute Gasteiger partial charge is 3.00 e. The number of fused-ring (bicyclic) bond motifs is 1. The maximum atomic E-state index is 13.5. The number of rotatable bonds is 15. The van der Waals surface area contributed by atoms with Crippen LogP contribution in [0, 0.1) is 0 Å². The van der Waals surface area contributed by atoms with Crippen molar-refractivity contribution in [3.05, 3.63) is 199 Å². The molecule has 1 saturated heterocycles. The molecule has 0 unspecified atom stereocenters. The predicted octanol–water partition coefficient (Wildman–Crippen LogP) is 7.95. The number of carbonyl (C=O) groups excluding carboxylic acids is 3. The third-order valence-electron chi connectivity index (χ3n) is 12.8. The van der Waals surface area contributed by atoms with Gasteiger partial charge in [-0.2, -0.15) is 0 Å². The van der Waals surface area contributed by atoms with Crippen LogP contribution in [0.25, 0.3) is 45.1 Å². The van der Waals surface area contributed by atoms with Crippen molar-refractivity contribution in [3.8, 4) is 34.2 Å². The third kappa shape index (κ3) is 25.1. The molecule has 0 bridgehead atoms. The van der Waals surface area contributed by atoms with E-state index in [1.54, 1.807) is 77.2 Å². The number of ether oxygens (including phenoxy) is 1. The summed E-state index contributed by atoms with van der Waals surface area (Å²) in [5.74, 6) is -1.66. The van der Waals surface area contributed by atoms with Gasteiger partial charge in [-0.25, -0.2) is 14.8 Å². The van der Waals surface area contributed by atoms with Crippen molar-refractivity contribution >= 4 is 96.9 Å². The average molecular weight is 1450 g/mol. The number of aromatic nitrogens is 8. The molecule has 2 aromatic carbocycles. The van der Waals surface area contributed by atoms with Crippen LogP contribution in [0.4, 0.5) is 17.2 Å². The van der Waals surface area contributed by atoms with Gasteiger partial charge in [0, 0.05) is 130 Å². The minimum absolute atomic E-state index is 0. The molecule has 460 valence electrons. The summed E-state index contributed by atoms with van der Waals surface area (Å²) in [5.41, 5.74) is 6.48. The molecule has 0 radical (unpaired) electrons. The molecule has 24 nitrogen and oxygen atoms in total. The Morgan fingerprint density at radius 1 is 0.494 bits per heavy atom. The van der Waals surface area contributed by atoms with E-state index in [0.29, 0.717) is 28.4 Å². The quantitative estimate of drug-likeness (QED) is 0.0245. The van der Waals surface area contributed by atoms with Crippen LogP contribution in [0.3, 0.4) is 0 Å². The number of hydrogen-bond acceptors (Lipinski definition) is 19. The van der Waals surface area contributed by atoms with Gasteiger partial charge >= 0.3 is 46.9 Å². The zero-order valence-electron chi connectivity index (χ0n) is 47.2. The maximum absolute atomic E-state index is 13.5. The van der Waals surface area contributed by atoms with Gasteiger partial charge in [0.1, 0.15) is 24.7 Å². The molecule has 0 spiro atoms. The topological polar surface area (TPSA) is 316 Å². The van der Waals surface area contributed by atoms with Crippen LogP contribution in [0.15, 0.2) is 194 Å². The molecule has 6 N–H and O–H groups in total. The fraction of sp³-hybridized carbons (Fsp3) is 0.217. The molecule has 89 heavy (non-hydrogen) atoms. The van der Waals surface area contributed by atoms with Crippen LogP contribution in [-0.2, 0) is 42.9 Å².